The summed E-state index contributed by atoms with van der Waals surface area (Å²) in [4.78, 5) is 41.6. The minimum atomic E-state index is -0.576. The van der Waals surface area contributed by atoms with Crippen molar-refractivity contribution in [2.24, 2.45) is 0 Å². The number of carbonyl (C=O) groups is 3. The van der Waals surface area contributed by atoms with Crippen LogP contribution in [0.5, 0.6) is 0 Å². The Hall–Kier alpha value is -3.17. The fourth-order valence-electron chi connectivity index (χ4n) is 2.63. The molecule has 0 aliphatic rings. The van der Waals surface area contributed by atoms with Crippen molar-refractivity contribution >= 4 is 46.6 Å². The number of carbonyl (C=O) groups excluding carboxylic acids is 3. The van der Waals surface area contributed by atoms with E-state index in [0.717, 1.165) is 10.6 Å². The van der Waals surface area contributed by atoms with Crippen LogP contribution in [0, 0.1) is 0 Å². The van der Waals surface area contributed by atoms with Crippen LogP contribution >= 0.6 is 23.1 Å². The molecule has 2 aromatic carbocycles. The van der Waals surface area contributed by atoms with Crippen LogP contribution in [0.4, 0.5) is 5.69 Å². The van der Waals surface area contributed by atoms with E-state index in [9.17, 15) is 14.4 Å². The maximum Gasteiger partial charge on any atom is 0.339 e. The third-order valence-electron chi connectivity index (χ3n) is 4.05. The number of esters is 1. The number of rotatable bonds is 9. The van der Waals surface area contributed by atoms with Crippen molar-refractivity contribution in [1.29, 1.82) is 0 Å². The van der Waals surface area contributed by atoms with Crippen molar-refractivity contribution in [1.82, 2.24) is 10.3 Å². The van der Waals surface area contributed by atoms with Crippen LogP contribution in [0.3, 0.4) is 0 Å². The number of thiazole rings is 1. The summed E-state index contributed by atoms with van der Waals surface area (Å²) in [5.41, 5.74) is 3.98. The predicted octanol–water partition coefficient (Wildman–Crippen LogP) is 3.98. The van der Waals surface area contributed by atoms with Crippen LogP contribution in [0.2, 0.25) is 0 Å². The number of hydrogen-bond acceptors (Lipinski definition) is 7. The van der Waals surface area contributed by atoms with E-state index in [4.69, 9.17) is 4.74 Å². The maximum absolute atomic E-state index is 12.5. The molecule has 0 atom stereocenters. The fraction of sp³-hybridized carbons (Fsp3) is 0.182. The number of hydrogen-bond donors (Lipinski definition) is 2. The summed E-state index contributed by atoms with van der Waals surface area (Å²) in [6.45, 7) is 1.90. The molecule has 3 aromatic rings. The van der Waals surface area contributed by atoms with E-state index in [2.05, 4.69) is 15.6 Å². The summed E-state index contributed by atoms with van der Waals surface area (Å²) in [6, 6.07) is 13.6. The molecule has 0 spiro atoms. The molecular weight excluding hydrogens is 434 g/mol. The summed E-state index contributed by atoms with van der Waals surface area (Å²) in [7, 11) is 0. The van der Waals surface area contributed by atoms with E-state index in [-0.39, 0.29) is 5.91 Å². The molecule has 0 unspecified atom stereocenters. The summed E-state index contributed by atoms with van der Waals surface area (Å²) >= 11 is 3.00. The molecule has 0 bridgehead atoms. The lowest BCUT2D eigenvalue weighted by Gasteiger charge is -2.10. The Labute approximate surface area is 188 Å². The smallest absolute Gasteiger partial charge is 0.339 e. The number of nitrogens with zero attached hydrogens (tertiary/aromatic N) is 1. The summed E-state index contributed by atoms with van der Waals surface area (Å²) < 4.78 is 5.20. The molecule has 0 aliphatic heterocycles. The van der Waals surface area contributed by atoms with Crippen molar-refractivity contribution < 1.29 is 19.1 Å². The van der Waals surface area contributed by atoms with E-state index in [1.54, 1.807) is 41.9 Å². The Morgan fingerprint density at radius 2 is 1.97 bits per heavy atom. The molecule has 0 fully saturated rings. The van der Waals surface area contributed by atoms with Crippen LogP contribution < -0.4 is 10.6 Å². The SMILES string of the molecule is CCNC(=O)c1cccc(NC(=O)COC(=O)c2ccccc2SCc2cscn2)c1. The van der Waals surface area contributed by atoms with Gasteiger partial charge in [0.1, 0.15) is 0 Å². The Bertz CT molecular complexity index is 1050. The number of nitrogens with one attached hydrogen (secondary N) is 2. The molecule has 2 N–H and O–H groups in total. The van der Waals surface area contributed by atoms with Gasteiger partial charge in [-0.15, -0.1) is 23.1 Å². The number of benzene rings is 2. The van der Waals surface area contributed by atoms with Crippen LogP contribution in [-0.2, 0) is 15.3 Å². The second kappa shape index (κ2) is 11.3. The first-order valence-electron chi connectivity index (χ1n) is 9.51. The minimum absolute atomic E-state index is 0.225. The molecule has 2 amide bonds. The van der Waals surface area contributed by atoms with Crippen LogP contribution in [0.1, 0.15) is 33.3 Å². The standard InChI is InChI=1S/C22H21N3O4S2/c1-2-23-21(27)15-6-5-7-16(10-15)25-20(26)11-29-22(28)18-8-3-4-9-19(18)31-13-17-12-30-14-24-17/h3-10,12,14H,2,11,13H2,1H3,(H,23,27)(H,25,26). The molecule has 0 aliphatic carbocycles. The monoisotopic (exact) mass is 455 g/mol. The van der Waals surface area contributed by atoms with Crippen LogP contribution in [0.25, 0.3) is 0 Å². The minimum Gasteiger partial charge on any atom is -0.452 e. The van der Waals surface area contributed by atoms with Gasteiger partial charge in [-0.3, -0.25) is 9.59 Å². The molecule has 0 saturated heterocycles. The van der Waals surface area contributed by atoms with E-state index in [1.165, 1.54) is 23.1 Å². The average Bonchev–Trinajstić information content (AvgIpc) is 3.30. The number of thioether (sulfide) groups is 1. The Morgan fingerprint density at radius 3 is 2.74 bits per heavy atom. The van der Waals surface area contributed by atoms with Crippen molar-refractivity contribution in [2.45, 2.75) is 17.6 Å². The van der Waals surface area contributed by atoms with Crippen LogP contribution in [0.15, 0.2) is 64.3 Å². The molecular formula is C22H21N3O4S2. The van der Waals surface area contributed by atoms with Crippen molar-refractivity contribution in [2.75, 3.05) is 18.5 Å². The third-order valence-corrected chi connectivity index (χ3v) is 5.79. The summed E-state index contributed by atoms with van der Waals surface area (Å²) in [5.74, 6) is -0.658. The highest BCUT2D eigenvalue weighted by Crippen LogP contribution is 2.26. The van der Waals surface area contributed by atoms with Crippen molar-refractivity contribution in [3.8, 4) is 0 Å². The van der Waals surface area contributed by atoms with Gasteiger partial charge in [0.2, 0.25) is 0 Å². The summed E-state index contributed by atoms with van der Waals surface area (Å²) in [5, 5.41) is 7.29. The molecule has 9 heteroatoms. The van der Waals surface area contributed by atoms with Gasteiger partial charge in [0.15, 0.2) is 6.61 Å². The Kier molecular flexibility index (Phi) is 8.19. The molecule has 7 nitrogen and oxygen atoms in total. The second-order valence-electron chi connectivity index (χ2n) is 6.33. The summed E-state index contributed by atoms with van der Waals surface area (Å²) in [6.07, 6.45) is 0. The van der Waals surface area contributed by atoms with E-state index in [0.29, 0.717) is 29.1 Å². The number of ether oxygens (including phenoxy) is 1. The van der Waals surface area contributed by atoms with Gasteiger partial charge in [0.05, 0.1) is 16.8 Å². The largest absolute Gasteiger partial charge is 0.452 e. The predicted molar refractivity (Wildman–Crippen MR) is 121 cm³/mol. The van der Waals surface area contributed by atoms with Gasteiger partial charge >= 0.3 is 5.97 Å². The van der Waals surface area contributed by atoms with E-state index in [1.807, 2.05) is 24.4 Å². The van der Waals surface area contributed by atoms with Crippen molar-refractivity contribution in [3.05, 3.63) is 76.2 Å². The second-order valence-corrected chi connectivity index (χ2v) is 8.07. The highest BCUT2D eigenvalue weighted by atomic mass is 32.2. The van der Waals surface area contributed by atoms with E-state index >= 15 is 0 Å². The fourth-order valence-corrected chi connectivity index (χ4v) is 4.24. The quantitative estimate of drug-likeness (QED) is 0.374. The lowest BCUT2D eigenvalue weighted by atomic mass is 10.2. The highest BCUT2D eigenvalue weighted by molar-refractivity contribution is 7.98. The van der Waals surface area contributed by atoms with Gasteiger partial charge in [0, 0.05) is 33.8 Å². The Balaban J connectivity index is 1.55. The number of anilines is 1. The van der Waals surface area contributed by atoms with Crippen LogP contribution in [-0.4, -0.2) is 35.9 Å². The molecule has 0 saturated carbocycles. The van der Waals surface area contributed by atoms with Gasteiger partial charge in [-0.2, -0.15) is 0 Å². The lowest BCUT2D eigenvalue weighted by molar-refractivity contribution is -0.119. The average molecular weight is 456 g/mol. The topological polar surface area (TPSA) is 97.4 Å². The zero-order valence-corrected chi connectivity index (χ0v) is 18.4. The van der Waals surface area contributed by atoms with Gasteiger partial charge in [-0.25, -0.2) is 9.78 Å². The molecule has 0 radical (unpaired) electrons. The molecule has 160 valence electrons. The molecule has 1 aromatic heterocycles. The van der Waals surface area contributed by atoms with Gasteiger partial charge in [0.25, 0.3) is 11.8 Å². The maximum atomic E-state index is 12.5. The molecule has 31 heavy (non-hydrogen) atoms. The Morgan fingerprint density at radius 1 is 1.13 bits per heavy atom. The first-order chi connectivity index (χ1) is 15.1. The first kappa shape index (κ1) is 22.5. The zero-order valence-electron chi connectivity index (χ0n) is 16.8. The van der Waals surface area contributed by atoms with Gasteiger partial charge < -0.3 is 15.4 Å². The normalized spacial score (nSPS) is 10.4. The number of amides is 2. The molecule has 3 rings (SSSR count). The first-order valence-corrected chi connectivity index (χ1v) is 11.4. The highest BCUT2D eigenvalue weighted by Gasteiger charge is 2.15. The van der Waals surface area contributed by atoms with Gasteiger partial charge in [-0.1, -0.05) is 18.2 Å². The lowest BCUT2D eigenvalue weighted by Crippen LogP contribution is -2.23. The van der Waals surface area contributed by atoms with Gasteiger partial charge in [-0.05, 0) is 37.3 Å². The molecule has 1 heterocycles. The number of aromatic nitrogens is 1. The van der Waals surface area contributed by atoms with E-state index < -0.39 is 18.5 Å². The third kappa shape index (κ3) is 6.66. The zero-order chi connectivity index (χ0) is 22.1. The van der Waals surface area contributed by atoms with Crippen molar-refractivity contribution in [3.63, 3.8) is 0 Å².